The van der Waals surface area contributed by atoms with Gasteiger partial charge < -0.3 is 9.97 Å². The maximum absolute atomic E-state index is 13.8. The van der Waals surface area contributed by atoms with Crippen LogP contribution in [0, 0.1) is 0 Å². The SMILES string of the molecule is O=C(C(CF)c1c[nH]c2cccnc12)C(CF)c1c[nH]c2cccnc12. The fourth-order valence-electron chi connectivity index (χ4n) is 3.35. The van der Waals surface area contributed by atoms with Crippen LogP contribution in [0.3, 0.4) is 0 Å². The first-order valence-corrected chi connectivity index (χ1v) is 8.24. The number of carbonyl (C=O) groups is 1. The minimum atomic E-state index is -1.09. The van der Waals surface area contributed by atoms with Gasteiger partial charge in [0.05, 0.1) is 33.9 Å². The van der Waals surface area contributed by atoms with Crippen molar-refractivity contribution in [1.82, 2.24) is 19.9 Å². The van der Waals surface area contributed by atoms with Crippen molar-refractivity contribution in [2.45, 2.75) is 11.8 Å². The molecule has 0 aliphatic heterocycles. The van der Waals surface area contributed by atoms with Crippen molar-refractivity contribution in [1.29, 1.82) is 0 Å². The first-order chi connectivity index (χ1) is 12.7. The summed E-state index contributed by atoms with van der Waals surface area (Å²) in [5.74, 6) is -2.70. The van der Waals surface area contributed by atoms with Crippen LogP contribution in [-0.4, -0.2) is 39.1 Å². The number of aromatic nitrogens is 4. The zero-order valence-electron chi connectivity index (χ0n) is 13.7. The molecule has 2 N–H and O–H groups in total. The molecule has 0 spiro atoms. The summed E-state index contributed by atoms with van der Waals surface area (Å²) >= 11 is 0. The number of fused-ring (bicyclic) bond motifs is 2. The Morgan fingerprint density at radius 3 is 1.77 bits per heavy atom. The molecule has 0 radical (unpaired) electrons. The third kappa shape index (κ3) is 2.56. The molecule has 2 unspecified atom stereocenters. The fourth-order valence-corrected chi connectivity index (χ4v) is 3.35. The second-order valence-electron chi connectivity index (χ2n) is 6.10. The van der Waals surface area contributed by atoms with Crippen molar-refractivity contribution in [3.05, 3.63) is 60.2 Å². The number of ketones is 1. The molecule has 4 aromatic rings. The first kappa shape index (κ1) is 16.4. The molecule has 132 valence electrons. The van der Waals surface area contributed by atoms with Crippen LogP contribution >= 0.6 is 0 Å². The van der Waals surface area contributed by atoms with E-state index >= 15 is 0 Å². The molecule has 26 heavy (non-hydrogen) atoms. The van der Waals surface area contributed by atoms with E-state index in [2.05, 4.69) is 19.9 Å². The molecule has 2 atom stereocenters. The lowest BCUT2D eigenvalue weighted by atomic mass is 9.86. The van der Waals surface area contributed by atoms with Gasteiger partial charge in [-0.2, -0.15) is 0 Å². The molecule has 0 amide bonds. The van der Waals surface area contributed by atoms with Gasteiger partial charge in [0, 0.05) is 35.9 Å². The van der Waals surface area contributed by atoms with Crippen LogP contribution in [-0.2, 0) is 4.79 Å². The van der Waals surface area contributed by atoms with Gasteiger partial charge in [0.15, 0.2) is 5.78 Å². The van der Waals surface area contributed by atoms with Crippen LogP contribution in [0.15, 0.2) is 49.1 Å². The molecule has 0 saturated heterocycles. The van der Waals surface area contributed by atoms with Gasteiger partial charge in [-0.3, -0.25) is 14.8 Å². The first-order valence-electron chi connectivity index (χ1n) is 8.24. The van der Waals surface area contributed by atoms with Crippen LogP contribution in [0.5, 0.6) is 0 Å². The number of rotatable bonds is 6. The third-order valence-corrected chi connectivity index (χ3v) is 4.67. The summed E-state index contributed by atoms with van der Waals surface area (Å²) in [7, 11) is 0. The summed E-state index contributed by atoms with van der Waals surface area (Å²) in [6, 6.07) is 7.08. The van der Waals surface area contributed by atoms with Crippen molar-refractivity contribution in [3.63, 3.8) is 0 Å². The van der Waals surface area contributed by atoms with Gasteiger partial charge in [0.2, 0.25) is 0 Å². The molecule has 0 aliphatic rings. The van der Waals surface area contributed by atoms with E-state index in [0.29, 0.717) is 33.2 Å². The molecule has 5 nitrogen and oxygen atoms in total. The number of nitrogens with zero attached hydrogens (tertiary/aromatic N) is 2. The second-order valence-corrected chi connectivity index (χ2v) is 6.10. The summed E-state index contributed by atoms with van der Waals surface area (Å²) in [6.07, 6.45) is 6.30. The predicted molar refractivity (Wildman–Crippen MR) is 94.6 cm³/mol. The number of aromatic amines is 2. The average molecular weight is 354 g/mol. The molecule has 0 aromatic carbocycles. The zero-order chi connectivity index (χ0) is 18.1. The summed E-state index contributed by atoms with van der Waals surface area (Å²) in [5.41, 5.74) is 3.36. The summed E-state index contributed by atoms with van der Waals surface area (Å²) in [4.78, 5) is 27.5. The van der Waals surface area contributed by atoms with Crippen molar-refractivity contribution in [2.24, 2.45) is 0 Å². The Balaban J connectivity index is 1.76. The van der Waals surface area contributed by atoms with Gasteiger partial charge in [-0.25, -0.2) is 8.78 Å². The molecule has 4 heterocycles. The average Bonchev–Trinajstić information content (AvgIpc) is 3.29. The Hall–Kier alpha value is -3.09. The number of carbonyl (C=O) groups excluding carboxylic acids is 1. The second kappa shape index (κ2) is 6.67. The largest absolute Gasteiger partial charge is 0.360 e. The van der Waals surface area contributed by atoms with Crippen molar-refractivity contribution >= 4 is 27.9 Å². The lowest BCUT2D eigenvalue weighted by Gasteiger charge is -2.17. The number of halogens is 2. The van der Waals surface area contributed by atoms with Crippen LogP contribution in [0.4, 0.5) is 8.78 Å². The lowest BCUT2D eigenvalue weighted by Crippen LogP contribution is -2.23. The van der Waals surface area contributed by atoms with E-state index in [0.717, 1.165) is 0 Å². The molecule has 0 saturated carbocycles. The van der Waals surface area contributed by atoms with Gasteiger partial charge in [-0.1, -0.05) is 0 Å². The van der Waals surface area contributed by atoms with E-state index in [1.807, 2.05) is 0 Å². The Morgan fingerprint density at radius 2 is 1.35 bits per heavy atom. The zero-order valence-corrected chi connectivity index (χ0v) is 13.7. The smallest absolute Gasteiger partial charge is 0.153 e. The molecule has 0 aliphatic carbocycles. The Kier molecular flexibility index (Phi) is 4.20. The number of nitrogens with one attached hydrogen (secondary N) is 2. The number of pyridine rings is 2. The van der Waals surface area contributed by atoms with E-state index < -0.39 is 31.0 Å². The standard InChI is InChI=1S/C19H16F2N4O/c20-7-11(13-9-24-15-3-1-5-22-17(13)15)19(26)12(8-21)14-10-25-16-4-2-6-23-18(14)16/h1-6,9-12,24-25H,7-8H2. The number of hydrogen-bond donors (Lipinski definition) is 2. The number of Topliss-reactive ketones (excluding diaryl/α,β-unsaturated/α-hetero) is 1. The van der Waals surface area contributed by atoms with Crippen LogP contribution < -0.4 is 0 Å². The van der Waals surface area contributed by atoms with Gasteiger partial charge in [0.1, 0.15) is 13.3 Å². The highest BCUT2D eigenvalue weighted by molar-refractivity contribution is 5.98. The number of H-pyrrole nitrogens is 2. The van der Waals surface area contributed by atoms with Crippen LogP contribution in [0.1, 0.15) is 23.0 Å². The van der Waals surface area contributed by atoms with E-state index in [-0.39, 0.29) is 0 Å². The Morgan fingerprint density at radius 1 is 0.885 bits per heavy atom. The van der Waals surface area contributed by atoms with Gasteiger partial charge in [-0.15, -0.1) is 0 Å². The maximum Gasteiger partial charge on any atom is 0.153 e. The molecule has 0 fully saturated rings. The number of alkyl halides is 2. The van der Waals surface area contributed by atoms with E-state index in [1.54, 1.807) is 49.1 Å². The van der Waals surface area contributed by atoms with Crippen molar-refractivity contribution in [2.75, 3.05) is 13.3 Å². The van der Waals surface area contributed by atoms with Crippen molar-refractivity contribution < 1.29 is 13.6 Å². The van der Waals surface area contributed by atoms with Gasteiger partial charge in [0.25, 0.3) is 0 Å². The van der Waals surface area contributed by atoms with Gasteiger partial charge >= 0.3 is 0 Å². The lowest BCUT2D eigenvalue weighted by molar-refractivity contribution is -0.122. The summed E-state index contributed by atoms with van der Waals surface area (Å²) in [5, 5.41) is 0. The molecule has 4 rings (SSSR count). The highest BCUT2D eigenvalue weighted by Gasteiger charge is 2.33. The van der Waals surface area contributed by atoms with E-state index in [1.165, 1.54) is 0 Å². The molecular formula is C19H16F2N4O. The van der Waals surface area contributed by atoms with Crippen molar-refractivity contribution in [3.8, 4) is 0 Å². The summed E-state index contributed by atoms with van der Waals surface area (Å²) < 4.78 is 27.7. The van der Waals surface area contributed by atoms with Gasteiger partial charge in [-0.05, 0) is 24.3 Å². The fraction of sp³-hybridized carbons (Fsp3) is 0.211. The minimum Gasteiger partial charge on any atom is -0.360 e. The molecule has 0 bridgehead atoms. The molecular weight excluding hydrogens is 338 g/mol. The maximum atomic E-state index is 13.8. The Labute approximate surface area is 147 Å². The monoisotopic (exact) mass is 354 g/mol. The molecule has 4 aromatic heterocycles. The highest BCUT2D eigenvalue weighted by Crippen LogP contribution is 2.33. The topological polar surface area (TPSA) is 74.4 Å². The minimum absolute atomic E-state index is 0.444. The van der Waals surface area contributed by atoms with Crippen LogP contribution in [0.25, 0.3) is 22.1 Å². The highest BCUT2D eigenvalue weighted by atomic mass is 19.1. The van der Waals surface area contributed by atoms with E-state index in [4.69, 9.17) is 0 Å². The van der Waals surface area contributed by atoms with E-state index in [9.17, 15) is 13.6 Å². The predicted octanol–water partition coefficient (Wildman–Crippen LogP) is 3.81. The van der Waals surface area contributed by atoms with Crippen LogP contribution in [0.2, 0.25) is 0 Å². The quantitative estimate of drug-likeness (QED) is 0.553. The number of hydrogen-bond acceptors (Lipinski definition) is 3. The Bertz CT molecular complexity index is 987. The third-order valence-electron chi connectivity index (χ3n) is 4.67. The summed E-state index contributed by atoms with van der Waals surface area (Å²) in [6.45, 7) is -1.84. The normalized spacial score (nSPS) is 13.9. The molecule has 7 heteroatoms.